The molecular formula is C21H34O2. The molecule has 23 heavy (non-hydrogen) atoms. The summed E-state index contributed by atoms with van der Waals surface area (Å²) in [6.07, 6.45) is 15.1. The van der Waals surface area contributed by atoms with Crippen molar-refractivity contribution in [1.29, 1.82) is 0 Å². The minimum Gasteiger partial charge on any atom is -0.386 e. The molecular weight excluding hydrogens is 284 g/mol. The van der Waals surface area contributed by atoms with Gasteiger partial charge in [-0.2, -0.15) is 0 Å². The molecule has 0 aromatic heterocycles. The van der Waals surface area contributed by atoms with Gasteiger partial charge in [-0.25, -0.2) is 0 Å². The summed E-state index contributed by atoms with van der Waals surface area (Å²) in [5.74, 6) is 1.90. The minimum atomic E-state index is -0.673. The first kappa shape index (κ1) is 18.4. The number of allylic oxidation sites excluding steroid dienone is 3. The van der Waals surface area contributed by atoms with Gasteiger partial charge in [0.1, 0.15) is 5.78 Å². The highest BCUT2D eigenvalue weighted by Crippen LogP contribution is 2.56. The lowest BCUT2D eigenvalue weighted by Crippen LogP contribution is -2.39. The molecule has 0 aliphatic heterocycles. The van der Waals surface area contributed by atoms with E-state index >= 15 is 0 Å². The van der Waals surface area contributed by atoms with Gasteiger partial charge in [-0.15, -0.1) is 0 Å². The smallest absolute Gasteiger partial charge is 0.136 e. The molecule has 0 saturated heterocycles. The van der Waals surface area contributed by atoms with Crippen LogP contribution in [-0.4, -0.2) is 16.5 Å². The molecule has 1 N–H and O–H groups in total. The van der Waals surface area contributed by atoms with E-state index in [4.69, 9.17) is 0 Å². The van der Waals surface area contributed by atoms with Crippen LogP contribution in [0.5, 0.6) is 0 Å². The largest absolute Gasteiger partial charge is 0.386 e. The van der Waals surface area contributed by atoms with E-state index in [0.29, 0.717) is 23.5 Å². The van der Waals surface area contributed by atoms with Gasteiger partial charge in [0.2, 0.25) is 0 Å². The summed E-state index contributed by atoms with van der Waals surface area (Å²) in [6, 6.07) is 0. The molecule has 0 bridgehead atoms. The van der Waals surface area contributed by atoms with Gasteiger partial charge in [-0.3, -0.25) is 4.79 Å². The van der Waals surface area contributed by atoms with Gasteiger partial charge in [-0.1, -0.05) is 52.0 Å². The fraction of sp³-hybridized carbons (Fsp3) is 0.762. The van der Waals surface area contributed by atoms with Gasteiger partial charge in [0.15, 0.2) is 0 Å². The quantitative estimate of drug-likeness (QED) is 0.694. The topological polar surface area (TPSA) is 37.3 Å². The van der Waals surface area contributed by atoms with Gasteiger partial charge >= 0.3 is 0 Å². The Hall–Kier alpha value is -0.890. The second-order valence-electron chi connectivity index (χ2n) is 7.98. The van der Waals surface area contributed by atoms with Crippen LogP contribution in [-0.2, 0) is 4.79 Å². The molecule has 2 aliphatic carbocycles. The number of carbonyl (C=O) groups excluding carboxylic acids is 1. The van der Waals surface area contributed by atoms with E-state index in [1.54, 1.807) is 0 Å². The van der Waals surface area contributed by atoms with E-state index < -0.39 is 5.60 Å². The van der Waals surface area contributed by atoms with Crippen molar-refractivity contribution in [2.75, 3.05) is 0 Å². The molecule has 0 aromatic carbocycles. The molecule has 2 rings (SSSR count). The fourth-order valence-electron chi connectivity index (χ4n) is 4.93. The Labute approximate surface area is 142 Å². The lowest BCUT2D eigenvalue weighted by molar-refractivity contribution is -0.129. The van der Waals surface area contributed by atoms with Crippen molar-refractivity contribution in [3.05, 3.63) is 24.3 Å². The fourth-order valence-corrected chi connectivity index (χ4v) is 4.93. The van der Waals surface area contributed by atoms with E-state index in [2.05, 4.69) is 26.0 Å². The van der Waals surface area contributed by atoms with Crippen LogP contribution in [0.4, 0.5) is 0 Å². The molecule has 2 fully saturated rings. The maximum Gasteiger partial charge on any atom is 0.136 e. The lowest BCUT2D eigenvalue weighted by atomic mass is 9.62. The summed E-state index contributed by atoms with van der Waals surface area (Å²) in [7, 11) is 0. The maximum atomic E-state index is 12.2. The number of hydrogen-bond acceptors (Lipinski definition) is 2. The Bertz CT molecular complexity index is 472. The molecule has 2 aliphatic rings. The summed E-state index contributed by atoms with van der Waals surface area (Å²) in [4.78, 5) is 12.2. The first-order valence-electron chi connectivity index (χ1n) is 9.47. The third-order valence-corrected chi connectivity index (χ3v) is 6.73. The van der Waals surface area contributed by atoms with Crippen molar-refractivity contribution in [2.45, 2.75) is 78.2 Å². The third kappa shape index (κ3) is 3.79. The van der Waals surface area contributed by atoms with Crippen LogP contribution in [0.25, 0.3) is 0 Å². The zero-order valence-electron chi connectivity index (χ0n) is 15.3. The first-order chi connectivity index (χ1) is 10.9. The van der Waals surface area contributed by atoms with Gasteiger partial charge in [0, 0.05) is 12.3 Å². The molecule has 0 heterocycles. The van der Waals surface area contributed by atoms with Crippen molar-refractivity contribution in [3.8, 4) is 0 Å². The van der Waals surface area contributed by atoms with Crippen LogP contribution in [0.3, 0.4) is 0 Å². The van der Waals surface area contributed by atoms with Crippen molar-refractivity contribution in [3.63, 3.8) is 0 Å². The summed E-state index contributed by atoms with van der Waals surface area (Å²) >= 11 is 0. The lowest BCUT2D eigenvalue weighted by Gasteiger charge is -2.41. The van der Waals surface area contributed by atoms with Crippen molar-refractivity contribution in [2.24, 2.45) is 23.2 Å². The van der Waals surface area contributed by atoms with E-state index in [9.17, 15) is 9.90 Å². The van der Waals surface area contributed by atoms with Crippen LogP contribution in [0, 0.1) is 23.2 Å². The Kier molecular flexibility index (Phi) is 5.89. The summed E-state index contributed by atoms with van der Waals surface area (Å²) < 4.78 is 0. The second-order valence-corrected chi connectivity index (χ2v) is 7.98. The Balaban J connectivity index is 2.01. The Morgan fingerprint density at radius 3 is 2.65 bits per heavy atom. The number of ketones is 1. The molecule has 2 heteroatoms. The molecule has 4 atom stereocenters. The minimum absolute atomic E-state index is 0.205. The van der Waals surface area contributed by atoms with Gasteiger partial charge in [0.25, 0.3) is 0 Å². The number of aliphatic hydroxyl groups is 1. The predicted octanol–water partition coefficient (Wildman–Crippen LogP) is 5.07. The molecule has 0 aromatic rings. The van der Waals surface area contributed by atoms with Crippen molar-refractivity contribution in [1.82, 2.24) is 0 Å². The number of Topliss-reactive ketones (excluding diaryl/α,β-unsaturated/α-hetero) is 1. The first-order valence-corrected chi connectivity index (χ1v) is 9.47. The van der Waals surface area contributed by atoms with Crippen LogP contribution < -0.4 is 0 Å². The molecule has 0 amide bonds. The second kappa shape index (κ2) is 7.34. The third-order valence-electron chi connectivity index (χ3n) is 6.73. The van der Waals surface area contributed by atoms with Crippen LogP contribution in [0.2, 0.25) is 0 Å². The predicted molar refractivity (Wildman–Crippen MR) is 96.2 cm³/mol. The maximum absolute atomic E-state index is 12.2. The van der Waals surface area contributed by atoms with Crippen molar-refractivity contribution >= 4 is 5.78 Å². The van der Waals surface area contributed by atoms with Crippen LogP contribution in [0.15, 0.2) is 24.3 Å². The molecule has 0 radical (unpaired) electrons. The summed E-state index contributed by atoms with van der Waals surface area (Å²) in [6.45, 7) is 8.66. The van der Waals surface area contributed by atoms with E-state index in [-0.39, 0.29) is 5.41 Å². The number of rotatable bonds is 6. The summed E-state index contributed by atoms with van der Waals surface area (Å²) in [5, 5.41) is 10.3. The van der Waals surface area contributed by atoms with E-state index in [0.717, 1.165) is 32.1 Å². The summed E-state index contributed by atoms with van der Waals surface area (Å²) in [5.41, 5.74) is -0.468. The zero-order chi connectivity index (χ0) is 17.1. The molecule has 3 unspecified atom stereocenters. The number of hydrogen-bond donors (Lipinski definition) is 1. The highest BCUT2D eigenvalue weighted by molar-refractivity contribution is 5.83. The number of carbonyl (C=O) groups is 1. The highest BCUT2D eigenvalue weighted by atomic mass is 16.3. The molecule has 2 nitrogen and oxygen atoms in total. The van der Waals surface area contributed by atoms with Gasteiger partial charge in [0.05, 0.1) is 5.60 Å². The monoisotopic (exact) mass is 318 g/mol. The highest BCUT2D eigenvalue weighted by Gasteiger charge is 2.51. The zero-order valence-corrected chi connectivity index (χ0v) is 15.3. The number of fused-ring (bicyclic) bond motifs is 1. The van der Waals surface area contributed by atoms with Gasteiger partial charge < -0.3 is 5.11 Å². The van der Waals surface area contributed by atoms with E-state index in [1.165, 1.54) is 12.8 Å². The Morgan fingerprint density at radius 2 is 2.00 bits per heavy atom. The van der Waals surface area contributed by atoms with E-state index in [1.807, 2.05) is 26.0 Å². The standard InChI is InChI=1S/C21H34O2/c1-5-21(23,6-2)15-8-7-10-16(3)17-12-13-18-19(22)11-9-14-20(17,18)4/h7-8,10,15-18,23H,5-6,9,11-14H2,1-4H3/t16-,17?,18?,20?/m1/s1. The van der Waals surface area contributed by atoms with Crippen LogP contribution >= 0.6 is 0 Å². The average Bonchev–Trinajstić information content (AvgIpc) is 2.89. The average molecular weight is 319 g/mol. The SMILES string of the molecule is CCC(O)(C=CC=C[C@@H](C)C1CCC2C(=O)CCCC21C)CC. The normalized spacial score (nSPS) is 33.5. The van der Waals surface area contributed by atoms with Gasteiger partial charge in [-0.05, 0) is 55.8 Å². The Morgan fingerprint density at radius 1 is 1.30 bits per heavy atom. The van der Waals surface area contributed by atoms with Crippen LogP contribution in [0.1, 0.15) is 72.6 Å². The molecule has 0 spiro atoms. The molecule has 2 saturated carbocycles. The molecule has 130 valence electrons. The van der Waals surface area contributed by atoms with Crippen molar-refractivity contribution < 1.29 is 9.90 Å².